The lowest BCUT2D eigenvalue weighted by Crippen LogP contribution is -2.54. The second-order valence-electron chi connectivity index (χ2n) is 15.5. The molecule has 0 unspecified atom stereocenters. The lowest BCUT2D eigenvalue weighted by molar-refractivity contribution is -0.125. The van der Waals surface area contributed by atoms with Crippen molar-refractivity contribution in [3.05, 3.63) is 41.0 Å². The number of Topliss-reactive ketones (excluding diaryl/α,β-unsaturated/α-hetero) is 1. The molecule has 1 aromatic rings. The monoisotopic (exact) mass is 582 g/mol. The van der Waals surface area contributed by atoms with E-state index < -0.39 is 16.2 Å². The smallest absolute Gasteiger partial charge is 0.295 e. The first kappa shape index (κ1) is 31.0. The molecule has 0 aromatic heterocycles. The van der Waals surface area contributed by atoms with Gasteiger partial charge in [-0.2, -0.15) is 8.42 Å². The molecule has 0 radical (unpaired) electrons. The van der Waals surface area contributed by atoms with Gasteiger partial charge in [-0.3, -0.25) is 8.98 Å². The van der Waals surface area contributed by atoms with Crippen LogP contribution in [0.1, 0.15) is 118 Å². The summed E-state index contributed by atoms with van der Waals surface area (Å²) in [6, 6.07) is 6.87. The molecule has 41 heavy (non-hydrogen) atoms. The first-order valence-corrected chi connectivity index (χ1v) is 17.8. The highest BCUT2D eigenvalue weighted by atomic mass is 32.2. The highest BCUT2D eigenvalue weighted by molar-refractivity contribution is 7.86. The molecule has 0 saturated heterocycles. The Kier molecular flexibility index (Phi) is 8.25. The van der Waals surface area contributed by atoms with Crippen molar-refractivity contribution in [3.8, 4) is 0 Å². The Morgan fingerprint density at radius 3 is 2.32 bits per heavy atom. The van der Waals surface area contributed by atoms with E-state index in [9.17, 15) is 13.2 Å². The van der Waals surface area contributed by atoms with Gasteiger partial charge >= 0.3 is 0 Å². The van der Waals surface area contributed by atoms with E-state index in [1.807, 2.05) is 19.1 Å². The zero-order chi connectivity index (χ0) is 30.0. The third-order valence-corrected chi connectivity index (χ3v) is 14.2. The number of benzene rings is 1. The molecule has 8 atom stereocenters. The Bertz CT molecular complexity index is 1290. The van der Waals surface area contributed by atoms with E-state index >= 15 is 0 Å². The minimum absolute atomic E-state index is 0.00889. The molecule has 0 spiro atoms. The maximum absolute atomic E-state index is 14.2. The van der Waals surface area contributed by atoms with Crippen LogP contribution in [0.2, 0.25) is 0 Å². The summed E-state index contributed by atoms with van der Waals surface area (Å²) in [7, 11) is -3.86. The van der Waals surface area contributed by atoms with E-state index in [1.54, 1.807) is 12.1 Å². The van der Waals surface area contributed by atoms with E-state index in [0.717, 1.165) is 37.2 Å². The van der Waals surface area contributed by atoms with Crippen LogP contribution in [0.15, 0.2) is 40.3 Å². The van der Waals surface area contributed by atoms with Crippen LogP contribution in [0.4, 0.5) is 0 Å². The van der Waals surface area contributed by atoms with Crippen LogP contribution >= 0.6 is 0 Å². The number of hydrogen-bond acceptors (Lipinski definition) is 4. The van der Waals surface area contributed by atoms with E-state index in [2.05, 4.69) is 48.5 Å². The van der Waals surface area contributed by atoms with Gasteiger partial charge in [0.2, 0.25) is 0 Å². The second-order valence-corrected chi connectivity index (χ2v) is 17.1. The molecular weight excluding hydrogens is 528 g/mol. The first-order chi connectivity index (χ1) is 19.1. The Morgan fingerprint density at radius 2 is 1.66 bits per heavy atom. The number of hydrogen-bond donors (Lipinski definition) is 0. The van der Waals surface area contributed by atoms with Crippen LogP contribution < -0.4 is 0 Å². The summed E-state index contributed by atoms with van der Waals surface area (Å²) >= 11 is 0. The van der Waals surface area contributed by atoms with E-state index in [-0.39, 0.29) is 33.0 Å². The quantitative estimate of drug-likeness (QED) is 0.287. The second kappa shape index (κ2) is 10.9. The van der Waals surface area contributed by atoms with Gasteiger partial charge in [0.15, 0.2) is 5.78 Å². The maximum Gasteiger partial charge on any atom is 0.297 e. The molecule has 0 aliphatic heterocycles. The molecule has 0 heterocycles. The van der Waals surface area contributed by atoms with Crippen molar-refractivity contribution in [2.45, 2.75) is 131 Å². The van der Waals surface area contributed by atoms with Crippen molar-refractivity contribution in [2.75, 3.05) is 0 Å². The third-order valence-electron chi connectivity index (χ3n) is 12.8. The van der Waals surface area contributed by atoms with Gasteiger partial charge in [-0.05, 0) is 98.0 Å². The highest BCUT2D eigenvalue weighted by Gasteiger charge is 2.64. The summed E-state index contributed by atoms with van der Waals surface area (Å²) in [4.78, 5) is 14.4. The van der Waals surface area contributed by atoms with Gasteiger partial charge < -0.3 is 0 Å². The van der Waals surface area contributed by atoms with Crippen molar-refractivity contribution in [2.24, 2.45) is 45.8 Å². The zero-order valence-electron chi connectivity index (χ0n) is 26.9. The summed E-state index contributed by atoms with van der Waals surface area (Å²) in [6.45, 7) is 18.5. The Labute approximate surface area is 250 Å². The van der Waals surface area contributed by atoms with Gasteiger partial charge in [0.05, 0.1) is 11.0 Å². The number of carbonyl (C=O) groups is 1. The normalized spacial score (nSPS) is 38.0. The predicted octanol–water partition coefficient (Wildman–Crippen LogP) is 9.07. The predicted molar refractivity (Wildman–Crippen MR) is 166 cm³/mol. The Hall–Kier alpha value is -1.46. The molecule has 0 amide bonds. The first-order valence-electron chi connectivity index (χ1n) is 16.4. The van der Waals surface area contributed by atoms with Crippen LogP contribution in [0.5, 0.6) is 0 Å². The summed E-state index contributed by atoms with van der Waals surface area (Å²) in [5, 5.41) is 0. The Balaban J connectivity index is 1.39. The maximum atomic E-state index is 14.2. The average molecular weight is 583 g/mol. The average Bonchev–Trinajstić information content (AvgIpc) is 3.18. The van der Waals surface area contributed by atoms with Crippen LogP contribution in [0.25, 0.3) is 0 Å². The molecule has 0 bridgehead atoms. The van der Waals surface area contributed by atoms with Crippen LogP contribution in [0.3, 0.4) is 0 Å². The van der Waals surface area contributed by atoms with Gasteiger partial charge in [0.1, 0.15) is 0 Å². The Morgan fingerprint density at radius 1 is 0.976 bits per heavy atom. The largest absolute Gasteiger partial charge is 0.297 e. The molecule has 4 aliphatic carbocycles. The molecule has 228 valence electrons. The fourth-order valence-electron chi connectivity index (χ4n) is 10.1. The van der Waals surface area contributed by atoms with E-state index in [1.165, 1.54) is 36.8 Å². The van der Waals surface area contributed by atoms with Crippen molar-refractivity contribution in [1.29, 1.82) is 0 Å². The summed E-state index contributed by atoms with van der Waals surface area (Å²) in [5.74, 6) is 2.55. The SMILES string of the molecule is Cc1ccc(S(=O)(=O)O[C@H]2CC[C@]3(C)C4=C(C(=O)C[C@H]3[C@@H]2C)[C@]2(C)CC[C@H]([C@H](C)CCCC(C)C)[C@@]2(C)CC4)cc1. The standard InChI is InChI=1S/C36H54O4S/c1-23(2)10-9-11-25(4)28-16-21-36(8)33-29(17-20-35(28,36)7)34(6)19-18-32(26(5)30(34)22-31(33)37)40-41(38,39)27-14-12-24(3)13-15-27/h12-15,23,25-26,28,30,32H,9-11,16-22H2,1-8H3/t25-,26+,28-,30+,32+,34-,35-,36+/m1/s1. The number of carbonyl (C=O) groups excluding carboxylic acids is 1. The van der Waals surface area contributed by atoms with E-state index in [4.69, 9.17) is 4.18 Å². The van der Waals surface area contributed by atoms with Crippen LogP contribution in [-0.4, -0.2) is 20.3 Å². The molecule has 1 aromatic carbocycles. The summed E-state index contributed by atoms with van der Waals surface area (Å²) in [5.41, 5.74) is 3.65. The van der Waals surface area contributed by atoms with Gasteiger partial charge in [0.25, 0.3) is 10.1 Å². The van der Waals surface area contributed by atoms with Gasteiger partial charge in [-0.25, -0.2) is 0 Å². The molecular formula is C36H54O4S. The number of fused-ring (bicyclic) bond motifs is 4. The molecule has 4 aliphatic rings. The number of rotatable bonds is 8. The lowest BCUT2D eigenvalue weighted by atomic mass is 9.45. The van der Waals surface area contributed by atoms with Gasteiger partial charge in [0, 0.05) is 17.4 Å². The number of aryl methyl sites for hydroxylation is 1. The van der Waals surface area contributed by atoms with Crippen molar-refractivity contribution < 1.29 is 17.4 Å². The van der Waals surface area contributed by atoms with Crippen molar-refractivity contribution >= 4 is 15.9 Å². The summed E-state index contributed by atoms with van der Waals surface area (Å²) in [6.07, 6.45) is 10.1. The van der Waals surface area contributed by atoms with Crippen molar-refractivity contribution in [3.63, 3.8) is 0 Å². The summed E-state index contributed by atoms with van der Waals surface area (Å²) < 4.78 is 32.3. The molecule has 0 N–H and O–H groups in total. The highest BCUT2D eigenvalue weighted by Crippen LogP contribution is 2.71. The topological polar surface area (TPSA) is 60.4 Å². The van der Waals surface area contributed by atoms with E-state index in [0.29, 0.717) is 30.5 Å². The molecule has 2 saturated carbocycles. The number of allylic oxidation sites excluding steroid dienone is 2. The van der Waals surface area contributed by atoms with Crippen LogP contribution in [-0.2, 0) is 19.1 Å². The molecule has 5 heteroatoms. The fraction of sp³-hybridized carbons (Fsp3) is 0.750. The lowest BCUT2D eigenvalue weighted by Gasteiger charge is -2.59. The van der Waals surface area contributed by atoms with Crippen LogP contribution in [0, 0.1) is 52.8 Å². The number of ketones is 1. The van der Waals surface area contributed by atoms with Gasteiger partial charge in [-0.1, -0.05) is 91.0 Å². The minimum atomic E-state index is -3.86. The molecule has 2 fully saturated rings. The third kappa shape index (κ3) is 5.09. The zero-order valence-corrected chi connectivity index (χ0v) is 27.7. The molecule has 4 nitrogen and oxygen atoms in total. The van der Waals surface area contributed by atoms with Crippen molar-refractivity contribution in [1.82, 2.24) is 0 Å². The molecule has 5 rings (SSSR count). The minimum Gasteiger partial charge on any atom is -0.295 e. The van der Waals surface area contributed by atoms with Gasteiger partial charge in [-0.15, -0.1) is 0 Å². The fourth-order valence-corrected chi connectivity index (χ4v) is 11.2.